The number of hydrogen-bond donors (Lipinski definition) is 0. The summed E-state index contributed by atoms with van der Waals surface area (Å²) in [4.78, 5) is 43.6. The van der Waals surface area contributed by atoms with E-state index in [4.69, 9.17) is 13.9 Å². The molecule has 238 valence electrons. The summed E-state index contributed by atoms with van der Waals surface area (Å²) in [6.07, 6.45) is 5.55. The zero-order chi connectivity index (χ0) is 32.3. The fraction of sp³-hybridized carbons (Fsp3) is 0.514. The summed E-state index contributed by atoms with van der Waals surface area (Å²) < 4.78 is 17.8. The number of amides is 1. The molecule has 1 saturated heterocycles. The number of nitrogens with zero attached hydrogens (tertiary/aromatic N) is 1. The number of aryl methyl sites for hydroxylation is 1. The molecular weight excluding hydrogens is 638 g/mol. The van der Waals surface area contributed by atoms with Gasteiger partial charge >= 0.3 is 5.97 Å². The topological polar surface area (TPSA) is 82.1 Å². The largest absolute Gasteiger partial charge is 0.497 e. The zero-order valence-electron chi connectivity index (χ0n) is 27.1. The standard InChI is InChI=1S/C35H46BrNO6Si/c1-8-42-31(38)18-17-30-29(10-9-21-43-44(6,7)34(2,3)4)35(20-19-25-13-14-26(36)22-28(25)32(35)39)33(40)37(30)23-24-11-15-27(41-5)16-12-24/h11-18,22,29-30H,8-10,19-21,23H2,1-7H3/b18-17+/t29-,30-,35-/m1/s1. The van der Waals surface area contributed by atoms with Gasteiger partial charge in [-0.25, -0.2) is 4.79 Å². The molecule has 2 aliphatic rings. The molecule has 9 heteroatoms. The van der Waals surface area contributed by atoms with E-state index in [1.807, 2.05) is 42.5 Å². The van der Waals surface area contributed by atoms with Gasteiger partial charge in [0, 0.05) is 35.2 Å². The number of carbonyl (C=O) groups excluding carboxylic acids is 3. The van der Waals surface area contributed by atoms with Crippen LogP contribution in [0.15, 0.2) is 59.1 Å². The van der Waals surface area contributed by atoms with Gasteiger partial charge in [-0.15, -0.1) is 0 Å². The van der Waals surface area contributed by atoms with Gasteiger partial charge in [0.15, 0.2) is 14.1 Å². The van der Waals surface area contributed by atoms with Gasteiger partial charge in [0.2, 0.25) is 5.91 Å². The van der Waals surface area contributed by atoms with Crippen molar-refractivity contribution in [2.75, 3.05) is 20.3 Å². The number of ether oxygens (including phenoxy) is 2. The summed E-state index contributed by atoms with van der Waals surface area (Å²) in [5, 5.41) is 0.0774. The number of carbonyl (C=O) groups is 3. The fourth-order valence-corrected chi connectivity index (χ4v) is 7.70. The van der Waals surface area contributed by atoms with Crippen LogP contribution < -0.4 is 4.74 Å². The molecule has 0 aromatic heterocycles. The number of hydrogen-bond acceptors (Lipinski definition) is 6. The van der Waals surface area contributed by atoms with Crippen molar-refractivity contribution in [3.63, 3.8) is 0 Å². The average Bonchev–Trinajstić information content (AvgIpc) is 3.18. The van der Waals surface area contributed by atoms with Crippen LogP contribution in [0.4, 0.5) is 0 Å². The maximum Gasteiger partial charge on any atom is 0.330 e. The van der Waals surface area contributed by atoms with E-state index in [0.29, 0.717) is 44.4 Å². The van der Waals surface area contributed by atoms with Crippen molar-refractivity contribution in [3.05, 3.63) is 75.8 Å². The minimum atomic E-state index is -1.97. The van der Waals surface area contributed by atoms with Crippen LogP contribution in [0.25, 0.3) is 0 Å². The molecule has 1 heterocycles. The molecule has 0 N–H and O–H groups in total. The van der Waals surface area contributed by atoms with Gasteiger partial charge in [-0.2, -0.15) is 0 Å². The van der Waals surface area contributed by atoms with E-state index in [-0.39, 0.29) is 29.3 Å². The highest BCUT2D eigenvalue weighted by molar-refractivity contribution is 9.10. The first kappa shape index (κ1) is 34.1. The second kappa shape index (κ2) is 13.7. The molecule has 0 bridgehead atoms. The summed E-state index contributed by atoms with van der Waals surface area (Å²) in [6, 6.07) is 12.9. The van der Waals surface area contributed by atoms with Crippen molar-refractivity contribution in [2.24, 2.45) is 11.3 Å². The molecule has 1 aliphatic carbocycles. The first-order valence-corrected chi connectivity index (χ1v) is 19.2. The Morgan fingerprint density at radius 1 is 1.14 bits per heavy atom. The Hall–Kier alpha value is -2.75. The molecule has 0 radical (unpaired) electrons. The number of esters is 1. The minimum absolute atomic E-state index is 0.0774. The predicted octanol–water partition coefficient (Wildman–Crippen LogP) is 7.52. The lowest BCUT2D eigenvalue weighted by Crippen LogP contribution is -2.46. The van der Waals surface area contributed by atoms with Crippen LogP contribution in [0.3, 0.4) is 0 Å². The molecule has 2 aromatic carbocycles. The normalized spacial score (nSPS) is 22.1. The molecule has 2 aromatic rings. The van der Waals surface area contributed by atoms with Crippen LogP contribution >= 0.6 is 15.9 Å². The third kappa shape index (κ3) is 6.90. The molecule has 7 nitrogen and oxygen atoms in total. The monoisotopic (exact) mass is 683 g/mol. The first-order chi connectivity index (χ1) is 20.7. The zero-order valence-corrected chi connectivity index (χ0v) is 29.7. The summed E-state index contributed by atoms with van der Waals surface area (Å²) in [6.45, 7) is 14.0. The minimum Gasteiger partial charge on any atom is -0.497 e. The molecular formula is C35H46BrNO6Si. The Morgan fingerprint density at radius 3 is 2.48 bits per heavy atom. The number of benzene rings is 2. The molecule has 4 rings (SSSR count). The number of fused-ring (bicyclic) bond motifs is 1. The lowest BCUT2D eigenvalue weighted by Gasteiger charge is -2.38. The quantitative estimate of drug-likeness (QED) is 0.0801. The van der Waals surface area contributed by atoms with Gasteiger partial charge in [0.1, 0.15) is 11.2 Å². The molecule has 1 amide bonds. The summed E-state index contributed by atoms with van der Waals surface area (Å²) in [5.74, 6) is -0.401. The first-order valence-electron chi connectivity index (χ1n) is 15.5. The molecule has 0 saturated carbocycles. The molecule has 1 fully saturated rings. The van der Waals surface area contributed by atoms with E-state index in [1.165, 1.54) is 6.08 Å². The summed E-state index contributed by atoms with van der Waals surface area (Å²) in [5.41, 5.74) is 1.24. The van der Waals surface area contributed by atoms with Crippen molar-refractivity contribution in [2.45, 2.75) is 84.1 Å². The van der Waals surface area contributed by atoms with Gasteiger partial charge in [0.25, 0.3) is 0 Å². The Morgan fingerprint density at radius 2 is 1.84 bits per heavy atom. The third-order valence-corrected chi connectivity index (χ3v) is 14.7. The molecule has 1 aliphatic heterocycles. The number of likely N-dealkylation sites (tertiary alicyclic amines) is 1. The van der Waals surface area contributed by atoms with E-state index in [9.17, 15) is 14.4 Å². The summed E-state index contributed by atoms with van der Waals surface area (Å²) >= 11 is 3.53. The fourth-order valence-electron chi connectivity index (χ4n) is 6.26. The highest BCUT2D eigenvalue weighted by atomic mass is 79.9. The van der Waals surface area contributed by atoms with Crippen molar-refractivity contribution in [3.8, 4) is 5.75 Å². The number of methoxy groups -OCH3 is 1. The predicted molar refractivity (Wildman–Crippen MR) is 178 cm³/mol. The maximum atomic E-state index is 14.7. The Balaban J connectivity index is 1.75. The van der Waals surface area contributed by atoms with E-state index in [0.717, 1.165) is 21.3 Å². The Kier molecular flexibility index (Phi) is 10.6. The second-order valence-electron chi connectivity index (χ2n) is 13.3. The van der Waals surface area contributed by atoms with Crippen LogP contribution in [0, 0.1) is 11.3 Å². The number of ketones is 1. The second-order valence-corrected chi connectivity index (χ2v) is 19.1. The van der Waals surface area contributed by atoms with Crippen molar-refractivity contribution in [1.29, 1.82) is 0 Å². The number of rotatable bonds is 11. The SMILES string of the molecule is CCOC(=O)/C=C/[C@@H]1[C@@H](CCCO[Si](C)(C)C(C)(C)C)[C@@]2(CCc3ccc(Br)cc3C2=O)C(=O)N1Cc1ccc(OC)cc1. The van der Waals surface area contributed by atoms with E-state index < -0.39 is 25.7 Å². The van der Waals surface area contributed by atoms with Crippen LogP contribution in [0.5, 0.6) is 5.75 Å². The van der Waals surface area contributed by atoms with Crippen LogP contribution in [0.1, 0.15) is 68.4 Å². The lowest BCUT2D eigenvalue weighted by atomic mass is 9.62. The summed E-state index contributed by atoms with van der Waals surface area (Å²) in [7, 11) is -0.360. The highest BCUT2D eigenvalue weighted by Crippen LogP contribution is 2.53. The van der Waals surface area contributed by atoms with E-state index >= 15 is 0 Å². The number of Topliss-reactive ketones (excluding diaryl/α,β-unsaturated/α-hetero) is 1. The van der Waals surface area contributed by atoms with Gasteiger partial charge in [-0.05, 0) is 86.1 Å². The van der Waals surface area contributed by atoms with Gasteiger partial charge in [0.05, 0.1) is 19.8 Å². The van der Waals surface area contributed by atoms with Crippen LogP contribution in [-0.2, 0) is 31.7 Å². The van der Waals surface area contributed by atoms with Crippen molar-refractivity contribution >= 4 is 41.9 Å². The molecule has 3 atom stereocenters. The molecule has 44 heavy (non-hydrogen) atoms. The Labute approximate surface area is 271 Å². The van der Waals surface area contributed by atoms with Crippen molar-refractivity contribution in [1.82, 2.24) is 4.90 Å². The van der Waals surface area contributed by atoms with Gasteiger partial charge in [-0.1, -0.05) is 61.0 Å². The molecule has 1 spiro atoms. The number of halogens is 1. The van der Waals surface area contributed by atoms with Gasteiger partial charge < -0.3 is 18.8 Å². The smallest absolute Gasteiger partial charge is 0.330 e. The van der Waals surface area contributed by atoms with Crippen LogP contribution in [0.2, 0.25) is 18.1 Å². The highest BCUT2D eigenvalue weighted by Gasteiger charge is 2.63. The van der Waals surface area contributed by atoms with E-state index in [2.05, 4.69) is 49.8 Å². The van der Waals surface area contributed by atoms with E-state index in [1.54, 1.807) is 25.0 Å². The third-order valence-electron chi connectivity index (χ3n) is 9.71. The molecule has 0 unspecified atom stereocenters. The lowest BCUT2D eigenvalue weighted by molar-refractivity contribution is -0.138. The maximum absolute atomic E-state index is 14.7. The average molecular weight is 685 g/mol. The van der Waals surface area contributed by atoms with Crippen molar-refractivity contribution < 1.29 is 28.3 Å². The van der Waals surface area contributed by atoms with Crippen LogP contribution in [-0.4, -0.2) is 57.2 Å². The van der Waals surface area contributed by atoms with Gasteiger partial charge in [-0.3, -0.25) is 9.59 Å². The Bertz CT molecular complexity index is 1400.